The molecular weight excluding hydrogens is 281 g/mol. The van der Waals surface area contributed by atoms with Crippen LogP contribution in [0.15, 0.2) is 18.2 Å². The van der Waals surface area contributed by atoms with Gasteiger partial charge in [0.1, 0.15) is 0 Å². The zero-order chi connectivity index (χ0) is 11.3. The maximum Gasteiger partial charge on any atom is 0.411 e. The molecule has 5 heteroatoms. The fourth-order valence-corrected chi connectivity index (χ4v) is 1.92. The summed E-state index contributed by atoms with van der Waals surface area (Å²) in [6, 6.07) is 5.31. The lowest BCUT2D eigenvalue weighted by molar-refractivity contribution is 0.168. The van der Waals surface area contributed by atoms with Crippen molar-refractivity contribution in [3.05, 3.63) is 28.8 Å². The first-order chi connectivity index (χ1) is 7.17. The molecule has 0 aromatic heterocycles. The maximum absolute atomic E-state index is 11.1. The molecule has 1 aromatic rings. The van der Waals surface area contributed by atoms with E-state index >= 15 is 0 Å². The van der Waals surface area contributed by atoms with Crippen LogP contribution in [0.4, 0.5) is 10.5 Å². The van der Waals surface area contributed by atoms with Crippen molar-refractivity contribution in [2.75, 3.05) is 11.9 Å². The second-order valence-electron chi connectivity index (χ2n) is 2.79. The molecular formula is C10H11BrClNO2. The molecule has 0 aliphatic carbocycles. The van der Waals surface area contributed by atoms with Crippen LogP contribution in [-0.2, 0) is 10.1 Å². The van der Waals surface area contributed by atoms with Crippen LogP contribution in [0.2, 0.25) is 5.02 Å². The predicted octanol–water partition coefficient (Wildman–Crippen LogP) is 3.80. The zero-order valence-corrected chi connectivity index (χ0v) is 10.6. The molecule has 0 aliphatic rings. The number of anilines is 1. The van der Waals surface area contributed by atoms with Gasteiger partial charge in [0.25, 0.3) is 0 Å². The number of hydrogen-bond donors (Lipinski definition) is 1. The molecule has 15 heavy (non-hydrogen) atoms. The van der Waals surface area contributed by atoms with Gasteiger partial charge in [-0.3, -0.25) is 5.32 Å². The summed E-state index contributed by atoms with van der Waals surface area (Å²) in [5.41, 5.74) is 1.61. The van der Waals surface area contributed by atoms with Gasteiger partial charge in [0, 0.05) is 16.0 Å². The Morgan fingerprint density at radius 1 is 1.60 bits per heavy atom. The first-order valence-electron chi connectivity index (χ1n) is 4.45. The highest BCUT2D eigenvalue weighted by molar-refractivity contribution is 9.08. The molecule has 0 unspecified atom stereocenters. The average molecular weight is 293 g/mol. The number of ether oxygens (including phenoxy) is 1. The molecule has 0 atom stereocenters. The lowest BCUT2D eigenvalue weighted by Gasteiger charge is -2.07. The number of carbonyl (C=O) groups is 1. The standard InChI is InChI=1S/C10H11BrClNO2/c1-2-15-10(14)13-8-4-3-7(6-11)9(12)5-8/h3-5H,2,6H2,1H3,(H,13,14). The van der Waals surface area contributed by atoms with Crippen molar-refractivity contribution in [1.82, 2.24) is 0 Å². The van der Waals surface area contributed by atoms with Crippen molar-refractivity contribution in [3.63, 3.8) is 0 Å². The lowest BCUT2D eigenvalue weighted by atomic mass is 10.2. The van der Waals surface area contributed by atoms with Gasteiger partial charge in [-0.25, -0.2) is 4.79 Å². The van der Waals surface area contributed by atoms with E-state index in [-0.39, 0.29) is 0 Å². The van der Waals surface area contributed by atoms with Crippen molar-refractivity contribution in [3.8, 4) is 0 Å². The first-order valence-corrected chi connectivity index (χ1v) is 5.95. The highest BCUT2D eigenvalue weighted by Gasteiger charge is 2.04. The van der Waals surface area contributed by atoms with E-state index in [0.717, 1.165) is 5.56 Å². The van der Waals surface area contributed by atoms with E-state index in [1.54, 1.807) is 19.1 Å². The van der Waals surface area contributed by atoms with Gasteiger partial charge in [-0.05, 0) is 24.6 Å². The summed E-state index contributed by atoms with van der Waals surface area (Å²) in [5, 5.41) is 3.87. The summed E-state index contributed by atoms with van der Waals surface area (Å²) in [4.78, 5) is 11.1. The Labute approximate surface area is 102 Å². The van der Waals surface area contributed by atoms with Crippen LogP contribution in [0, 0.1) is 0 Å². The molecule has 82 valence electrons. The number of nitrogens with one attached hydrogen (secondary N) is 1. The largest absolute Gasteiger partial charge is 0.450 e. The quantitative estimate of drug-likeness (QED) is 0.861. The topological polar surface area (TPSA) is 38.3 Å². The van der Waals surface area contributed by atoms with Crippen LogP contribution in [0.25, 0.3) is 0 Å². The first kappa shape index (κ1) is 12.3. The van der Waals surface area contributed by atoms with E-state index in [9.17, 15) is 4.79 Å². The van der Waals surface area contributed by atoms with Gasteiger partial charge >= 0.3 is 6.09 Å². The Morgan fingerprint density at radius 3 is 2.87 bits per heavy atom. The van der Waals surface area contributed by atoms with Gasteiger partial charge in [0.05, 0.1) is 6.61 Å². The Balaban J connectivity index is 2.71. The van der Waals surface area contributed by atoms with Crippen LogP contribution in [-0.4, -0.2) is 12.7 Å². The maximum atomic E-state index is 11.1. The minimum absolute atomic E-state index is 0.346. The summed E-state index contributed by atoms with van der Waals surface area (Å²) < 4.78 is 4.74. The van der Waals surface area contributed by atoms with Gasteiger partial charge in [-0.2, -0.15) is 0 Å². The molecule has 3 nitrogen and oxygen atoms in total. The van der Waals surface area contributed by atoms with Crippen LogP contribution in [0.5, 0.6) is 0 Å². The molecule has 0 spiro atoms. The van der Waals surface area contributed by atoms with Crippen molar-refractivity contribution in [1.29, 1.82) is 0 Å². The van der Waals surface area contributed by atoms with Gasteiger partial charge in [0.15, 0.2) is 0 Å². The molecule has 0 bridgehead atoms. The minimum atomic E-state index is -0.472. The Morgan fingerprint density at radius 2 is 2.33 bits per heavy atom. The van der Waals surface area contributed by atoms with Gasteiger partial charge < -0.3 is 4.74 Å². The third kappa shape index (κ3) is 3.72. The number of hydrogen-bond acceptors (Lipinski definition) is 2. The third-order valence-corrected chi connectivity index (χ3v) is 2.67. The second kappa shape index (κ2) is 5.98. The molecule has 0 radical (unpaired) electrons. The van der Waals surface area contributed by atoms with Crippen LogP contribution in [0.3, 0.4) is 0 Å². The molecule has 0 saturated heterocycles. The van der Waals surface area contributed by atoms with E-state index in [1.807, 2.05) is 6.07 Å². The molecule has 0 saturated carbocycles. The number of rotatable bonds is 3. The monoisotopic (exact) mass is 291 g/mol. The molecule has 1 rings (SSSR count). The number of alkyl halides is 1. The Kier molecular flexibility index (Phi) is 4.91. The fraction of sp³-hybridized carbons (Fsp3) is 0.300. The van der Waals surface area contributed by atoms with E-state index < -0.39 is 6.09 Å². The molecule has 0 fully saturated rings. The second-order valence-corrected chi connectivity index (χ2v) is 3.75. The van der Waals surface area contributed by atoms with E-state index in [4.69, 9.17) is 16.3 Å². The van der Waals surface area contributed by atoms with Gasteiger partial charge in [-0.1, -0.05) is 33.6 Å². The van der Waals surface area contributed by atoms with Crippen molar-refractivity contribution >= 4 is 39.3 Å². The average Bonchev–Trinajstić information content (AvgIpc) is 2.18. The Hall–Kier alpha value is -0.740. The van der Waals surface area contributed by atoms with Crippen LogP contribution in [0.1, 0.15) is 12.5 Å². The summed E-state index contributed by atoms with van der Waals surface area (Å²) in [5.74, 6) is 0. The van der Waals surface area contributed by atoms with Gasteiger partial charge in [-0.15, -0.1) is 0 Å². The van der Waals surface area contributed by atoms with Crippen LogP contribution >= 0.6 is 27.5 Å². The zero-order valence-electron chi connectivity index (χ0n) is 8.22. The van der Waals surface area contributed by atoms with Crippen molar-refractivity contribution in [2.24, 2.45) is 0 Å². The number of benzene rings is 1. The molecule has 1 aromatic carbocycles. The molecule has 0 heterocycles. The van der Waals surface area contributed by atoms with E-state index in [2.05, 4.69) is 21.2 Å². The molecule has 0 aliphatic heterocycles. The molecule has 1 N–H and O–H groups in total. The SMILES string of the molecule is CCOC(=O)Nc1ccc(CBr)c(Cl)c1. The number of amides is 1. The highest BCUT2D eigenvalue weighted by Crippen LogP contribution is 2.22. The highest BCUT2D eigenvalue weighted by atomic mass is 79.9. The predicted molar refractivity (Wildman–Crippen MR) is 64.7 cm³/mol. The minimum Gasteiger partial charge on any atom is -0.450 e. The summed E-state index contributed by atoms with van der Waals surface area (Å²) >= 11 is 9.28. The summed E-state index contributed by atoms with van der Waals surface area (Å²) in [7, 11) is 0. The van der Waals surface area contributed by atoms with E-state index in [0.29, 0.717) is 22.6 Å². The smallest absolute Gasteiger partial charge is 0.411 e. The lowest BCUT2D eigenvalue weighted by Crippen LogP contribution is -2.13. The van der Waals surface area contributed by atoms with Crippen molar-refractivity contribution < 1.29 is 9.53 Å². The summed E-state index contributed by atoms with van der Waals surface area (Å²) in [6.45, 7) is 2.10. The van der Waals surface area contributed by atoms with E-state index in [1.165, 1.54) is 0 Å². The third-order valence-electron chi connectivity index (χ3n) is 1.72. The number of carbonyl (C=O) groups excluding carboxylic acids is 1. The normalized spacial score (nSPS) is 9.80. The summed E-state index contributed by atoms with van der Waals surface area (Å²) in [6.07, 6.45) is -0.472. The van der Waals surface area contributed by atoms with Crippen LogP contribution < -0.4 is 5.32 Å². The van der Waals surface area contributed by atoms with Gasteiger partial charge in [0.2, 0.25) is 0 Å². The Bertz CT molecular complexity index is 357. The molecule has 1 amide bonds. The van der Waals surface area contributed by atoms with Crippen molar-refractivity contribution in [2.45, 2.75) is 12.3 Å². The number of halogens is 2. The fourth-order valence-electron chi connectivity index (χ4n) is 1.02.